The summed E-state index contributed by atoms with van der Waals surface area (Å²) in [4.78, 5) is 10.7. The Balaban J connectivity index is 2.22. The van der Waals surface area contributed by atoms with Crippen LogP contribution < -0.4 is 15.9 Å². The number of carbonyl (C=O) groups is 1. The molecular formula is C11H14BNO5. The zero-order valence-corrected chi connectivity index (χ0v) is 9.70. The number of fused-ring (bicyclic) bond motifs is 1. The lowest BCUT2D eigenvalue weighted by atomic mass is 9.77. The highest BCUT2D eigenvalue weighted by molar-refractivity contribution is 6.61. The van der Waals surface area contributed by atoms with Crippen molar-refractivity contribution in [1.29, 1.82) is 0 Å². The molecule has 0 fully saturated rings. The van der Waals surface area contributed by atoms with E-state index in [1.807, 2.05) is 0 Å². The fourth-order valence-corrected chi connectivity index (χ4v) is 1.79. The number of aliphatic carboxylic acids is 1. The van der Waals surface area contributed by atoms with Gasteiger partial charge in [0.25, 0.3) is 0 Å². The van der Waals surface area contributed by atoms with Gasteiger partial charge in [-0.1, -0.05) is 12.1 Å². The standard InChI is InChI=1S/C11H14BNO5/c13-9(11(14)15)6-7-1-2-10-8(5-7)12(16)18-4-3-17-10/h1-2,5,9,16H,3-4,6,13H2,(H,14,15)/t9-/m0/s1. The molecule has 7 heteroatoms. The Kier molecular flexibility index (Phi) is 3.85. The lowest BCUT2D eigenvalue weighted by Gasteiger charge is -2.11. The molecule has 96 valence electrons. The van der Waals surface area contributed by atoms with Gasteiger partial charge >= 0.3 is 13.1 Å². The van der Waals surface area contributed by atoms with E-state index in [9.17, 15) is 9.82 Å². The lowest BCUT2D eigenvalue weighted by molar-refractivity contribution is -0.138. The summed E-state index contributed by atoms with van der Waals surface area (Å²) >= 11 is 0. The minimum atomic E-state index is -1.06. The fraction of sp³-hybridized carbons (Fsp3) is 0.364. The fourth-order valence-electron chi connectivity index (χ4n) is 1.79. The molecule has 0 spiro atoms. The molecule has 1 atom stereocenters. The van der Waals surface area contributed by atoms with Crippen molar-refractivity contribution in [2.75, 3.05) is 13.2 Å². The molecule has 0 bridgehead atoms. The smallest absolute Gasteiger partial charge is 0.492 e. The monoisotopic (exact) mass is 251 g/mol. The number of hydrogen-bond acceptors (Lipinski definition) is 5. The van der Waals surface area contributed by atoms with Crippen LogP contribution in [0.1, 0.15) is 5.56 Å². The van der Waals surface area contributed by atoms with Crippen LogP contribution in [0.3, 0.4) is 0 Å². The first-order valence-corrected chi connectivity index (χ1v) is 5.61. The Morgan fingerprint density at radius 1 is 1.50 bits per heavy atom. The number of carboxylic acid groups (broad SMARTS) is 1. The molecule has 4 N–H and O–H groups in total. The van der Waals surface area contributed by atoms with Gasteiger partial charge in [0, 0.05) is 5.46 Å². The Labute approximate surface area is 104 Å². The van der Waals surface area contributed by atoms with Crippen molar-refractivity contribution in [3.63, 3.8) is 0 Å². The Bertz CT molecular complexity index is 453. The maximum Gasteiger partial charge on any atom is 0.495 e. The molecule has 1 aliphatic heterocycles. The van der Waals surface area contributed by atoms with E-state index in [-0.39, 0.29) is 6.42 Å². The summed E-state index contributed by atoms with van der Waals surface area (Å²) in [5.74, 6) is -0.509. The molecule has 18 heavy (non-hydrogen) atoms. The van der Waals surface area contributed by atoms with Crippen LogP contribution in [0.2, 0.25) is 0 Å². The molecular weight excluding hydrogens is 237 g/mol. The molecule has 0 aromatic heterocycles. The first kappa shape index (κ1) is 12.9. The second-order valence-electron chi connectivity index (χ2n) is 4.09. The van der Waals surface area contributed by atoms with E-state index >= 15 is 0 Å². The van der Waals surface area contributed by atoms with Gasteiger partial charge in [-0.3, -0.25) is 4.79 Å². The van der Waals surface area contributed by atoms with Crippen LogP contribution in [-0.4, -0.2) is 42.5 Å². The largest absolute Gasteiger partial charge is 0.495 e. The molecule has 0 radical (unpaired) electrons. The van der Waals surface area contributed by atoms with E-state index in [2.05, 4.69) is 0 Å². The number of rotatable bonds is 3. The van der Waals surface area contributed by atoms with Gasteiger partial charge in [-0.15, -0.1) is 0 Å². The zero-order valence-electron chi connectivity index (χ0n) is 9.70. The summed E-state index contributed by atoms with van der Waals surface area (Å²) < 4.78 is 10.5. The van der Waals surface area contributed by atoms with Gasteiger partial charge < -0.3 is 25.3 Å². The maximum absolute atomic E-state index is 10.7. The first-order chi connectivity index (χ1) is 8.58. The average molecular weight is 251 g/mol. The minimum absolute atomic E-state index is 0.190. The van der Waals surface area contributed by atoms with Crippen LogP contribution in [0.4, 0.5) is 0 Å². The van der Waals surface area contributed by atoms with Crippen LogP contribution in [0.25, 0.3) is 0 Å². The zero-order chi connectivity index (χ0) is 13.1. The second kappa shape index (κ2) is 5.39. The van der Waals surface area contributed by atoms with Gasteiger partial charge in [-0.2, -0.15) is 0 Å². The van der Waals surface area contributed by atoms with E-state index < -0.39 is 19.1 Å². The van der Waals surface area contributed by atoms with Gasteiger partial charge in [0.15, 0.2) is 0 Å². The number of carboxylic acids is 1. The van der Waals surface area contributed by atoms with Crippen molar-refractivity contribution in [2.45, 2.75) is 12.5 Å². The van der Waals surface area contributed by atoms with E-state index in [0.29, 0.717) is 24.4 Å². The first-order valence-electron chi connectivity index (χ1n) is 5.61. The Morgan fingerprint density at radius 2 is 2.28 bits per heavy atom. The molecule has 6 nitrogen and oxygen atoms in total. The lowest BCUT2D eigenvalue weighted by Crippen LogP contribution is -2.35. The molecule has 1 aromatic rings. The molecule has 0 unspecified atom stereocenters. The molecule has 1 heterocycles. The predicted octanol–water partition coefficient (Wildman–Crippen LogP) is -1.26. The van der Waals surface area contributed by atoms with Gasteiger partial charge in [-0.25, -0.2) is 0 Å². The van der Waals surface area contributed by atoms with E-state index in [0.717, 1.165) is 5.56 Å². The molecule has 1 aliphatic rings. The summed E-state index contributed by atoms with van der Waals surface area (Å²) in [6.45, 7) is 0.678. The van der Waals surface area contributed by atoms with Crippen molar-refractivity contribution < 1.29 is 24.3 Å². The Hall–Kier alpha value is -1.57. The summed E-state index contributed by atoms with van der Waals surface area (Å²) in [7, 11) is -1.05. The third kappa shape index (κ3) is 2.81. The normalized spacial score (nSPS) is 16.4. The highest BCUT2D eigenvalue weighted by Crippen LogP contribution is 2.14. The van der Waals surface area contributed by atoms with Crippen molar-refractivity contribution in [1.82, 2.24) is 0 Å². The third-order valence-electron chi connectivity index (χ3n) is 2.73. The highest BCUT2D eigenvalue weighted by Gasteiger charge is 2.25. The summed E-state index contributed by atoms with van der Waals surface area (Å²) in [6.07, 6.45) is 0.190. The average Bonchev–Trinajstić information content (AvgIpc) is 2.52. The molecule has 1 aromatic carbocycles. The number of benzene rings is 1. The SMILES string of the molecule is N[C@@H](Cc1ccc2c(c1)B(O)OCCO2)C(=O)O. The highest BCUT2D eigenvalue weighted by atomic mass is 16.6. The van der Waals surface area contributed by atoms with Crippen LogP contribution >= 0.6 is 0 Å². The third-order valence-corrected chi connectivity index (χ3v) is 2.73. The van der Waals surface area contributed by atoms with E-state index in [1.165, 1.54) is 0 Å². The predicted molar refractivity (Wildman–Crippen MR) is 64.8 cm³/mol. The maximum atomic E-state index is 10.7. The van der Waals surface area contributed by atoms with Crippen LogP contribution in [0.15, 0.2) is 18.2 Å². The van der Waals surface area contributed by atoms with Crippen LogP contribution in [0, 0.1) is 0 Å². The van der Waals surface area contributed by atoms with Gasteiger partial charge in [0.05, 0.1) is 6.61 Å². The van der Waals surface area contributed by atoms with Gasteiger partial charge in [0.1, 0.15) is 18.4 Å². The number of nitrogens with two attached hydrogens (primary N) is 1. The molecule has 0 aliphatic carbocycles. The topological polar surface area (TPSA) is 102 Å². The summed E-state index contributed by atoms with van der Waals surface area (Å²) in [5, 5.41) is 18.5. The molecule has 0 amide bonds. The van der Waals surface area contributed by atoms with Crippen molar-refractivity contribution in [3.8, 4) is 5.75 Å². The molecule has 2 rings (SSSR count). The van der Waals surface area contributed by atoms with Crippen LogP contribution in [0.5, 0.6) is 5.75 Å². The van der Waals surface area contributed by atoms with Crippen molar-refractivity contribution in [2.24, 2.45) is 5.73 Å². The molecule has 0 saturated heterocycles. The van der Waals surface area contributed by atoms with Gasteiger partial charge in [-0.05, 0) is 18.1 Å². The van der Waals surface area contributed by atoms with Gasteiger partial charge in [0.2, 0.25) is 0 Å². The van der Waals surface area contributed by atoms with E-state index in [4.69, 9.17) is 20.2 Å². The van der Waals surface area contributed by atoms with Crippen LogP contribution in [-0.2, 0) is 15.9 Å². The van der Waals surface area contributed by atoms with Crippen molar-refractivity contribution in [3.05, 3.63) is 23.8 Å². The second-order valence-corrected chi connectivity index (χ2v) is 4.09. The summed E-state index contributed by atoms with van der Waals surface area (Å²) in [6, 6.07) is 4.12. The quantitative estimate of drug-likeness (QED) is 0.579. The van der Waals surface area contributed by atoms with Crippen molar-refractivity contribution >= 4 is 18.6 Å². The summed E-state index contributed by atoms with van der Waals surface area (Å²) in [5.41, 5.74) is 6.69. The Morgan fingerprint density at radius 3 is 3.00 bits per heavy atom. The van der Waals surface area contributed by atoms with E-state index in [1.54, 1.807) is 18.2 Å². The minimum Gasteiger partial charge on any atom is -0.492 e. The number of ether oxygens (including phenoxy) is 1. The number of hydrogen-bond donors (Lipinski definition) is 3. The molecule has 0 saturated carbocycles.